The van der Waals surface area contributed by atoms with Crippen molar-refractivity contribution in [1.29, 1.82) is 0 Å². The van der Waals surface area contributed by atoms with Crippen molar-refractivity contribution in [3.8, 4) is 0 Å². The van der Waals surface area contributed by atoms with Gasteiger partial charge in [0.05, 0.1) is 29.4 Å². The van der Waals surface area contributed by atoms with Crippen molar-refractivity contribution < 1.29 is 23.1 Å². The van der Waals surface area contributed by atoms with Crippen LogP contribution < -0.4 is 9.62 Å². The molecule has 1 aromatic heterocycles. The summed E-state index contributed by atoms with van der Waals surface area (Å²) < 4.78 is 32.9. The standard InChI is InChI=1S/C16H17N3O5S/c20-16(21)12-10-14(15(17-11-12)19-6-8-24-9-7-19)18-25(22,23)13-4-2-1-3-5-13/h1-5,10-11,18H,6-9H2,(H,20,21). The van der Waals surface area contributed by atoms with Crippen molar-refractivity contribution in [2.75, 3.05) is 35.9 Å². The third kappa shape index (κ3) is 3.89. The van der Waals surface area contributed by atoms with Crippen molar-refractivity contribution in [1.82, 2.24) is 4.98 Å². The highest BCUT2D eigenvalue weighted by Crippen LogP contribution is 2.27. The fraction of sp³-hybridized carbons (Fsp3) is 0.250. The van der Waals surface area contributed by atoms with E-state index in [0.717, 1.165) is 0 Å². The van der Waals surface area contributed by atoms with Gasteiger partial charge in [-0.3, -0.25) is 4.72 Å². The molecule has 1 aliphatic heterocycles. The Morgan fingerprint density at radius 1 is 1.20 bits per heavy atom. The second kappa shape index (κ2) is 7.08. The smallest absolute Gasteiger partial charge is 0.337 e. The number of hydrogen-bond acceptors (Lipinski definition) is 6. The van der Waals surface area contributed by atoms with Crippen molar-refractivity contribution in [3.63, 3.8) is 0 Å². The first-order chi connectivity index (χ1) is 12.0. The number of anilines is 2. The molecule has 2 aromatic rings. The fourth-order valence-electron chi connectivity index (χ4n) is 2.48. The first kappa shape index (κ1) is 17.2. The molecule has 1 fully saturated rings. The number of carboxylic acids is 1. The van der Waals surface area contributed by atoms with Crippen LogP contribution in [-0.4, -0.2) is 50.8 Å². The van der Waals surface area contributed by atoms with Crippen LogP contribution in [0.1, 0.15) is 10.4 Å². The first-order valence-electron chi connectivity index (χ1n) is 7.61. The van der Waals surface area contributed by atoms with E-state index in [9.17, 15) is 18.3 Å². The van der Waals surface area contributed by atoms with Gasteiger partial charge in [-0.1, -0.05) is 18.2 Å². The molecular weight excluding hydrogens is 346 g/mol. The maximum absolute atomic E-state index is 12.6. The van der Waals surface area contributed by atoms with Crippen LogP contribution in [-0.2, 0) is 14.8 Å². The molecule has 3 rings (SSSR count). The summed E-state index contributed by atoms with van der Waals surface area (Å²) in [4.78, 5) is 17.3. The monoisotopic (exact) mass is 363 g/mol. The summed E-state index contributed by atoms with van der Waals surface area (Å²) in [5.41, 5.74) is 0.0356. The van der Waals surface area contributed by atoms with Crippen LogP contribution in [0.3, 0.4) is 0 Å². The van der Waals surface area contributed by atoms with Crippen LogP contribution in [0.25, 0.3) is 0 Å². The van der Waals surface area contributed by atoms with E-state index in [0.29, 0.717) is 32.1 Å². The lowest BCUT2D eigenvalue weighted by atomic mass is 10.2. The lowest BCUT2D eigenvalue weighted by molar-refractivity contribution is 0.0696. The molecule has 1 aromatic carbocycles. The van der Waals surface area contributed by atoms with E-state index in [1.807, 2.05) is 4.90 Å². The molecule has 0 spiro atoms. The molecule has 2 heterocycles. The number of aromatic carboxylic acids is 1. The summed E-state index contributed by atoms with van der Waals surface area (Å²) >= 11 is 0. The molecule has 0 unspecified atom stereocenters. The molecule has 1 saturated heterocycles. The number of aromatic nitrogens is 1. The quantitative estimate of drug-likeness (QED) is 0.827. The molecule has 0 aliphatic carbocycles. The molecule has 1 aliphatic rings. The van der Waals surface area contributed by atoms with E-state index in [-0.39, 0.29) is 16.1 Å². The maximum atomic E-state index is 12.6. The molecule has 0 bridgehead atoms. The molecule has 0 atom stereocenters. The Labute approximate surface area is 145 Å². The normalized spacial score (nSPS) is 15.0. The van der Waals surface area contributed by atoms with E-state index >= 15 is 0 Å². The van der Waals surface area contributed by atoms with E-state index < -0.39 is 16.0 Å². The Kier molecular flexibility index (Phi) is 4.86. The van der Waals surface area contributed by atoms with Gasteiger partial charge in [0, 0.05) is 19.3 Å². The van der Waals surface area contributed by atoms with Crippen molar-refractivity contribution in [2.24, 2.45) is 0 Å². The van der Waals surface area contributed by atoms with Gasteiger partial charge < -0.3 is 14.7 Å². The van der Waals surface area contributed by atoms with Gasteiger partial charge in [0.2, 0.25) is 0 Å². The number of carbonyl (C=O) groups is 1. The Hall–Kier alpha value is -2.65. The first-order valence-corrected chi connectivity index (χ1v) is 9.09. The third-order valence-corrected chi connectivity index (χ3v) is 5.10. The highest BCUT2D eigenvalue weighted by molar-refractivity contribution is 7.92. The summed E-state index contributed by atoms with van der Waals surface area (Å²) in [5.74, 6) is -0.797. The Bertz CT molecular complexity index is 865. The van der Waals surface area contributed by atoms with Crippen LogP contribution in [0.15, 0.2) is 47.5 Å². The van der Waals surface area contributed by atoms with Crippen molar-refractivity contribution in [2.45, 2.75) is 4.90 Å². The third-order valence-electron chi connectivity index (χ3n) is 3.72. The van der Waals surface area contributed by atoms with E-state index in [1.165, 1.54) is 24.4 Å². The average Bonchev–Trinajstić information content (AvgIpc) is 2.63. The molecule has 25 heavy (non-hydrogen) atoms. The van der Waals surface area contributed by atoms with Gasteiger partial charge in [0.15, 0.2) is 5.82 Å². The summed E-state index contributed by atoms with van der Waals surface area (Å²) in [6, 6.07) is 9.15. The van der Waals surface area contributed by atoms with Gasteiger partial charge >= 0.3 is 5.97 Å². The SMILES string of the molecule is O=C(O)c1cnc(N2CCOCC2)c(NS(=O)(=O)c2ccccc2)c1. The van der Waals surface area contributed by atoms with Gasteiger partial charge in [-0.25, -0.2) is 18.2 Å². The molecule has 2 N–H and O–H groups in total. The molecule has 8 nitrogen and oxygen atoms in total. The molecule has 132 valence electrons. The number of rotatable bonds is 5. The second-order valence-corrected chi connectivity index (χ2v) is 7.10. The fourth-order valence-corrected chi connectivity index (χ4v) is 3.55. The van der Waals surface area contributed by atoms with Crippen LogP contribution >= 0.6 is 0 Å². The zero-order chi connectivity index (χ0) is 17.9. The van der Waals surface area contributed by atoms with E-state index in [2.05, 4.69) is 9.71 Å². The van der Waals surface area contributed by atoms with Crippen LogP contribution in [0.4, 0.5) is 11.5 Å². The summed E-state index contributed by atoms with van der Waals surface area (Å²) in [7, 11) is -3.86. The van der Waals surface area contributed by atoms with E-state index in [1.54, 1.807) is 18.2 Å². The highest BCUT2D eigenvalue weighted by atomic mass is 32.2. The van der Waals surface area contributed by atoms with Crippen LogP contribution in [0.2, 0.25) is 0 Å². The lowest BCUT2D eigenvalue weighted by Crippen LogP contribution is -2.37. The number of ether oxygens (including phenoxy) is 1. The number of pyridine rings is 1. The van der Waals surface area contributed by atoms with Gasteiger partial charge in [0.1, 0.15) is 0 Å². The zero-order valence-corrected chi connectivity index (χ0v) is 14.1. The number of benzene rings is 1. The van der Waals surface area contributed by atoms with E-state index in [4.69, 9.17) is 4.74 Å². The summed E-state index contributed by atoms with van der Waals surface area (Å²) in [6.07, 6.45) is 1.22. The minimum Gasteiger partial charge on any atom is -0.478 e. The second-order valence-electron chi connectivity index (χ2n) is 5.42. The molecule has 9 heteroatoms. The highest BCUT2D eigenvalue weighted by Gasteiger charge is 2.22. The number of sulfonamides is 1. The molecular formula is C16H17N3O5S. The number of carboxylic acid groups (broad SMARTS) is 1. The van der Waals surface area contributed by atoms with Crippen molar-refractivity contribution >= 4 is 27.5 Å². The number of nitrogens with zero attached hydrogens (tertiary/aromatic N) is 2. The Morgan fingerprint density at radius 2 is 1.88 bits per heavy atom. The average molecular weight is 363 g/mol. The topological polar surface area (TPSA) is 109 Å². The zero-order valence-electron chi connectivity index (χ0n) is 13.3. The summed E-state index contributed by atoms with van der Waals surface area (Å²) in [5, 5.41) is 9.18. The predicted octanol–water partition coefficient (Wildman–Crippen LogP) is 1.42. The van der Waals surface area contributed by atoms with Gasteiger partial charge in [0.25, 0.3) is 10.0 Å². The Morgan fingerprint density at radius 3 is 2.52 bits per heavy atom. The van der Waals surface area contributed by atoms with Crippen molar-refractivity contribution in [3.05, 3.63) is 48.2 Å². The number of morpholine rings is 1. The molecule has 0 radical (unpaired) electrons. The van der Waals surface area contributed by atoms with Gasteiger partial charge in [-0.2, -0.15) is 0 Å². The largest absolute Gasteiger partial charge is 0.478 e. The molecule has 0 saturated carbocycles. The number of nitrogens with one attached hydrogen (secondary N) is 1. The minimum atomic E-state index is -3.86. The van der Waals surface area contributed by atoms with Gasteiger partial charge in [-0.15, -0.1) is 0 Å². The lowest BCUT2D eigenvalue weighted by Gasteiger charge is -2.29. The summed E-state index contributed by atoms with van der Waals surface area (Å²) in [6.45, 7) is 2.07. The molecule has 0 amide bonds. The maximum Gasteiger partial charge on any atom is 0.337 e. The predicted molar refractivity (Wildman–Crippen MR) is 91.5 cm³/mol. The van der Waals surface area contributed by atoms with Crippen LogP contribution in [0, 0.1) is 0 Å². The van der Waals surface area contributed by atoms with Crippen LogP contribution in [0.5, 0.6) is 0 Å². The number of hydrogen-bond donors (Lipinski definition) is 2. The Balaban J connectivity index is 2.00. The van der Waals surface area contributed by atoms with Gasteiger partial charge in [-0.05, 0) is 18.2 Å². The minimum absolute atomic E-state index is 0.0867.